The van der Waals surface area contributed by atoms with Crippen LogP contribution >= 0.6 is 0 Å². The molecule has 0 aromatic carbocycles. The predicted molar refractivity (Wildman–Crippen MR) is 44.5 cm³/mol. The van der Waals surface area contributed by atoms with Crippen molar-refractivity contribution in [3.8, 4) is 0 Å². The molecule has 1 heterocycles. The summed E-state index contributed by atoms with van der Waals surface area (Å²) < 4.78 is 12.0. The Bertz CT molecular complexity index is 98.3. The van der Waals surface area contributed by atoms with E-state index in [0.29, 0.717) is 12.6 Å². The molecule has 1 saturated heterocycles. The van der Waals surface area contributed by atoms with E-state index in [1.54, 1.807) is 0 Å². The lowest BCUT2D eigenvalue weighted by atomic mass is 10.1. The molecule has 2 nitrogen and oxygen atoms in total. The van der Waals surface area contributed by atoms with E-state index in [1.807, 2.05) is 0 Å². The highest BCUT2D eigenvalue weighted by molar-refractivity contribution is 4.84. The van der Waals surface area contributed by atoms with Crippen LogP contribution in [0.4, 0.5) is 4.39 Å². The van der Waals surface area contributed by atoms with Crippen LogP contribution in [0.5, 0.6) is 0 Å². The molecule has 0 radical (unpaired) electrons. The summed E-state index contributed by atoms with van der Waals surface area (Å²) in [5, 5.41) is 3.19. The SMILES string of the molecule is CCCN(CCF)C1CNC1. The minimum absolute atomic E-state index is 0.212. The molecule has 0 spiro atoms. The molecule has 0 aliphatic carbocycles. The Hall–Kier alpha value is -0.150. The first-order valence-corrected chi connectivity index (χ1v) is 4.39. The molecular formula is C8H17FN2. The van der Waals surface area contributed by atoms with E-state index in [1.165, 1.54) is 0 Å². The van der Waals surface area contributed by atoms with Crippen molar-refractivity contribution < 1.29 is 4.39 Å². The summed E-state index contributed by atoms with van der Waals surface area (Å²) in [6.07, 6.45) is 1.12. The normalized spacial score (nSPS) is 18.8. The van der Waals surface area contributed by atoms with Gasteiger partial charge < -0.3 is 5.32 Å². The van der Waals surface area contributed by atoms with Crippen molar-refractivity contribution in [3.05, 3.63) is 0 Å². The summed E-state index contributed by atoms with van der Waals surface area (Å²) >= 11 is 0. The molecule has 0 aromatic rings. The molecule has 1 rings (SSSR count). The molecule has 0 unspecified atom stereocenters. The summed E-state index contributed by atoms with van der Waals surface area (Å²) in [6, 6.07) is 0.602. The Labute approximate surface area is 67.8 Å². The van der Waals surface area contributed by atoms with E-state index in [4.69, 9.17) is 0 Å². The molecule has 0 amide bonds. The van der Waals surface area contributed by atoms with Gasteiger partial charge in [0.1, 0.15) is 6.67 Å². The highest BCUT2D eigenvalue weighted by Crippen LogP contribution is 2.05. The van der Waals surface area contributed by atoms with Crippen LogP contribution in [0.3, 0.4) is 0 Å². The third-order valence-electron chi connectivity index (χ3n) is 2.16. The third-order valence-corrected chi connectivity index (χ3v) is 2.16. The number of hydrogen-bond acceptors (Lipinski definition) is 2. The Morgan fingerprint density at radius 1 is 1.45 bits per heavy atom. The Morgan fingerprint density at radius 3 is 2.55 bits per heavy atom. The minimum Gasteiger partial charge on any atom is -0.314 e. The predicted octanol–water partition coefficient (Wildman–Crippen LogP) is 0.640. The summed E-state index contributed by atoms with van der Waals surface area (Å²) in [4.78, 5) is 2.23. The summed E-state index contributed by atoms with van der Waals surface area (Å²) in [5.41, 5.74) is 0. The molecule has 1 fully saturated rings. The van der Waals surface area contributed by atoms with E-state index < -0.39 is 0 Å². The molecule has 1 aliphatic rings. The zero-order valence-electron chi connectivity index (χ0n) is 7.15. The van der Waals surface area contributed by atoms with Crippen LogP contribution in [0.25, 0.3) is 0 Å². The zero-order valence-corrected chi connectivity index (χ0v) is 7.15. The van der Waals surface area contributed by atoms with Crippen molar-refractivity contribution in [2.75, 3.05) is 32.9 Å². The smallest absolute Gasteiger partial charge is 0.102 e. The van der Waals surface area contributed by atoms with E-state index in [0.717, 1.165) is 26.1 Å². The van der Waals surface area contributed by atoms with Gasteiger partial charge in [-0.3, -0.25) is 4.90 Å². The van der Waals surface area contributed by atoms with Crippen molar-refractivity contribution in [1.82, 2.24) is 10.2 Å². The van der Waals surface area contributed by atoms with Gasteiger partial charge in [0, 0.05) is 25.7 Å². The maximum absolute atomic E-state index is 12.0. The fraction of sp³-hybridized carbons (Fsp3) is 1.00. The van der Waals surface area contributed by atoms with Gasteiger partial charge in [-0.1, -0.05) is 6.92 Å². The maximum Gasteiger partial charge on any atom is 0.102 e. The second-order valence-corrected chi connectivity index (χ2v) is 3.04. The average molecular weight is 160 g/mol. The number of rotatable bonds is 5. The number of nitrogens with one attached hydrogen (secondary N) is 1. The number of alkyl halides is 1. The van der Waals surface area contributed by atoms with Crippen LogP contribution in [-0.4, -0.2) is 43.8 Å². The van der Waals surface area contributed by atoms with Crippen molar-refractivity contribution in [3.63, 3.8) is 0 Å². The van der Waals surface area contributed by atoms with Crippen molar-refractivity contribution in [2.24, 2.45) is 0 Å². The second-order valence-electron chi connectivity index (χ2n) is 3.04. The molecule has 1 N–H and O–H groups in total. The van der Waals surface area contributed by atoms with Gasteiger partial charge in [-0.15, -0.1) is 0 Å². The quantitative estimate of drug-likeness (QED) is 0.635. The highest BCUT2D eigenvalue weighted by atomic mass is 19.1. The number of halogens is 1. The fourth-order valence-corrected chi connectivity index (χ4v) is 1.40. The van der Waals surface area contributed by atoms with Crippen molar-refractivity contribution >= 4 is 0 Å². The van der Waals surface area contributed by atoms with Gasteiger partial charge in [0.25, 0.3) is 0 Å². The molecule has 0 aromatic heterocycles. The molecular weight excluding hydrogens is 143 g/mol. The average Bonchev–Trinajstić information content (AvgIpc) is 1.85. The van der Waals surface area contributed by atoms with Crippen LogP contribution in [-0.2, 0) is 0 Å². The molecule has 3 heteroatoms. The highest BCUT2D eigenvalue weighted by Gasteiger charge is 2.22. The third kappa shape index (κ3) is 2.42. The van der Waals surface area contributed by atoms with Gasteiger partial charge in [-0.2, -0.15) is 0 Å². The van der Waals surface area contributed by atoms with Gasteiger partial charge in [0.15, 0.2) is 0 Å². The summed E-state index contributed by atoms with van der Waals surface area (Å²) in [7, 11) is 0. The first-order valence-electron chi connectivity index (χ1n) is 4.39. The Balaban J connectivity index is 2.19. The molecule has 11 heavy (non-hydrogen) atoms. The fourth-order valence-electron chi connectivity index (χ4n) is 1.40. The molecule has 66 valence electrons. The van der Waals surface area contributed by atoms with Crippen LogP contribution in [0, 0.1) is 0 Å². The van der Waals surface area contributed by atoms with Crippen LogP contribution in [0.15, 0.2) is 0 Å². The Morgan fingerprint density at radius 2 is 2.18 bits per heavy atom. The lowest BCUT2D eigenvalue weighted by Gasteiger charge is -2.37. The maximum atomic E-state index is 12.0. The largest absolute Gasteiger partial charge is 0.314 e. The van der Waals surface area contributed by atoms with E-state index in [9.17, 15) is 4.39 Å². The topological polar surface area (TPSA) is 15.3 Å². The van der Waals surface area contributed by atoms with Crippen molar-refractivity contribution in [1.29, 1.82) is 0 Å². The molecule has 0 saturated carbocycles. The number of hydrogen-bond donors (Lipinski definition) is 1. The van der Waals surface area contributed by atoms with Gasteiger partial charge in [-0.05, 0) is 13.0 Å². The van der Waals surface area contributed by atoms with E-state index in [2.05, 4.69) is 17.1 Å². The van der Waals surface area contributed by atoms with Crippen LogP contribution in [0.1, 0.15) is 13.3 Å². The van der Waals surface area contributed by atoms with Gasteiger partial charge in [0.2, 0.25) is 0 Å². The minimum atomic E-state index is -0.212. The van der Waals surface area contributed by atoms with Crippen LogP contribution in [0.2, 0.25) is 0 Å². The second kappa shape index (κ2) is 4.67. The van der Waals surface area contributed by atoms with Crippen molar-refractivity contribution in [2.45, 2.75) is 19.4 Å². The lowest BCUT2D eigenvalue weighted by molar-refractivity contribution is 0.136. The van der Waals surface area contributed by atoms with Gasteiger partial charge >= 0.3 is 0 Å². The number of nitrogens with zero attached hydrogens (tertiary/aromatic N) is 1. The van der Waals surface area contributed by atoms with E-state index >= 15 is 0 Å². The van der Waals surface area contributed by atoms with E-state index in [-0.39, 0.29) is 6.67 Å². The van der Waals surface area contributed by atoms with Crippen LogP contribution < -0.4 is 5.32 Å². The molecule has 0 atom stereocenters. The summed E-state index contributed by atoms with van der Waals surface area (Å²) in [6.45, 7) is 5.66. The first kappa shape index (κ1) is 8.94. The first-order chi connectivity index (χ1) is 5.38. The molecule has 1 aliphatic heterocycles. The molecule has 0 bridgehead atoms. The summed E-state index contributed by atoms with van der Waals surface area (Å²) in [5.74, 6) is 0. The van der Waals surface area contributed by atoms with Gasteiger partial charge in [-0.25, -0.2) is 4.39 Å². The monoisotopic (exact) mass is 160 g/mol. The lowest BCUT2D eigenvalue weighted by Crippen LogP contribution is -2.57. The zero-order chi connectivity index (χ0) is 8.10. The Kier molecular flexibility index (Phi) is 3.80. The standard InChI is InChI=1S/C8H17FN2/c1-2-4-11(5-3-9)8-6-10-7-8/h8,10H,2-7H2,1H3. The van der Waals surface area contributed by atoms with Gasteiger partial charge in [0.05, 0.1) is 0 Å².